The van der Waals surface area contributed by atoms with Gasteiger partial charge in [-0.25, -0.2) is 9.97 Å². The van der Waals surface area contributed by atoms with Gasteiger partial charge in [-0.3, -0.25) is 14.7 Å². The van der Waals surface area contributed by atoms with E-state index < -0.39 is 52.6 Å². The van der Waals surface area contributed by atoms with Crippen molar-refractivity contribution in [2.24, 2.45) is 11.0 Å². The molecule has 1 amide bonds. The molecule has 3 aromatic carbocycles. The van der Waals surface area contributed by atoms with Gasteiger partial charge in [-0.05, 0) is 55.8 Å². The zero-order valence-electron chi connectivity index (χ0n) is 26.1. The van der Waals surface area contributed by atoms with Crippen molar-refractivity contribution in [2.75, 3.05) is 23.0 Å². The summed E-state index contributed by atoms with van der Waals surface area (Å²) >= 11 is 1.81. The van der Waals surface area contributed by atoms with Gasteiger partial charge in [0.1, 0.15) is 11.6 Å². The number of hydrogen-bond acceptors (Lipinski definition) is 8. The van der Waals surface area contributed by atoms with Crippen molar-refractivity contribution < 1.29 is 31.1 Å². The Kier molecular flexibility index (Phi) is 8.29. The number of alkyl halides is 6. The summed E-state index contributed by atoms with van der Waals surface area (Å²) in [7, 11) is 0. The number of anilines is 2. The third-order valence-corrected chi connectivity index (χ3v) is 10.5. The second-order valence-electron chi connectivity index (χ2n) is 11.3. The predicted molar refractivity (Wildman–Crippen MR) is 181 cm³/mol. The predicted octanol–water partition coefficient (Wildman–Crippen LogP) is 7.96. The smallest absolute Gasteiger partial charge is 0.372 e. The van der Waals surface area contributed by atoms with E-state index in [9.17, 15) is 35.9 Å². The normalized spacial score (nSPS) is 16.1. The topological polar surface area (TPSA) is 99.5 Å². The Balaban J connectivity index is 1.46. The van der Waals surface area contributed by atoms with Crippen molar-refractivity contribution >= 4 is 65.5 Å². The summed E-state index contributed by atoms with van der Waals surface area (Å²) in [4.78, 5) is 38.9. The minimum Gasteiger partial charge on any atom is -0.372 e. The molecule has 0 bridgehead atoms. The van der Waals surface area contributed by atoms with E-state index in [1.807, 2.05) is 18.7 Å². The molecule has 9 nitrogen and oxygen atoms in total. The van der Waals surface area contributed by atoms with Gasteiger partial charge in [-0.15, -0.1) is 0 Å². The molecule has 1 aliphatic heterocycles. The van der Waals surface area contributed by atoms with Gasteiger partial charge in [-0.2, -0.15) is 41.1 Å². The zero-order chi connectivity index (χ0) is 35.5. The summed E-state index contributed by atoms with van der Waals surface area (Å²) in [6.45, 7) is 4.93. The number of aromatic amines is 1. The fourth-order valence-electron chi connectivity index (χ4n) is 6.14. The highest BCUT2D eigenvalue weighted by atomic mass is 32.1. The molecule has 1 N–H and O–H groups in total. The molecule has 0 fully saturated rings. The number of nitrogens with one attached hydrogen (secondary N) is 1. The van der Waals surface area contributed by atoms with Gasteiger partial charge in [0, 0.05) is 24.7 Å². The second-order valence-corrected chi connectivity index (χ2v) is 13.3. The van der Waals surface area contributed by atoms with Crippen molar-refractivity contribution in [1.82, 2.24) is 19.7 Å². The molecule has 0 saturated heterocycles. The van der Waals surface area contributed by atoms with E-state index in [1.54, 1.807) is 48.5 Å². The van der Waals surface area contributed by atoms with Crippen LogP contribution in [0.2, 0.25) is 0 Å². The Bertz CT molecular complexity index is 2250. The number of amides is 1. The highest BCUT2D eigenvalue weighted by Crippen LogP contribution is 2.46. The van der Waals surface area contributed by atoms with Gasteiger partial charge in [0.2, 0.25) is 10.3 Å². The number of nitrogens with zero attached hydrogens (tertiary/aromatic N) is 6. The van der Waals surface area contributed by atoms with Crippen LogP contribution in [-0.2, 0) is 11.0 Å². The van der Waals surface area contributed by atoms with Gasteiger partial charge in [0.15, 0.2) is 5.71 Å². The fraction of sp³-hybridized carbons (Fsp3) is 0.242. The van der Waals surface area contributed by atoms with Crippen LogP contribution in [0.25, 0.3) is 25.6 Å². The Hall–Kier alpha value is -5.03. The summed E-state index contributed by atoms with van der Waals surface area (Å²) in [5, 5.41) is 5.84. The Morgan fingerprint density at radius 1 is 0.800 bits per heavy atom. The molecular formula is C33H25F6N7O2S2. The first-order valence-corrected chi connectivity index (χ1v) is 16.9. The van der Waals surface area contributed by atoms with Crippen molar-refractivity contribution in [3.8, 4) is 5.13 Å². The molecule has 3 aromatic heterocycles. The maximum Gasteiger partial charge on any atom is 0.433 e. The van der Waals surface area contributed by atoms with E-state index in [2.05, 4.69) is 20.2 Å². The van der Waals surface area contributed by atoms with E-state index in [1.165, 1.54) is 24.3 Å². The third kappa shape index (κ3) is 5.73. The summed E-state index contributed by atoms with van der Waals surface area (Å²) in [6.07, 6.45) is -10.5. The van der Waals surface area contributed by atoms with Crippen molar-refractivity contribution in [1.29, 1.82) is 0 Å². The number of rotatable bonds is 8. The van der Waals surface area contributed by atoms with Crippen LogP contribution in [0.5, 0.6) is 0 Å². The van der Waals surface area contributed by atoms with E-state index >= 15 is 0 Å². The van der Waals surface area contributed by atoms with E-state index in [0.29, 0.717) is 48.9 Å². The molecule has 50 heavy (non-hydrogen) atoms. The molecular weight excluding hydrogens is 705 g/mol. The third-order valence-electron chi connectivity index (χ3n) is 8.44. The van der Waals surface area contributed by atoms with Crippen LogP contribution in [0.15, 0.2) is 82.7 Å². The molecule has 4 heterocycles. The molecule has 0 spiro atoms. The van der Waals surface area contributed by atoms with Crippen LogP contribution in [0.1, 0.15) is 36.6 Å². The minimum absolute atomic E-state index is 0.125. The molecule has 0 saturated carbocycles. The molecule has 258 valence electrons. The average Bonchev–Trinajstić information content (AvgIpc) is 3.85. The van der Waals surface area contributed by atoms with E-state index in [4.69, 9.17) is 0 Å². The first-order valence-electron chi connectivity index (χ1n) is 15.3. The number of aromatic nitrogens is 4. The Morgan fingerprint density at radius 3 is 1.90 bits per heavy atom. The molecule has 0 unspecified atom stereocenters. The largest absolute Gasteiger partial charge is 0.433 e. The lowest BCUT2D eigenvalue weighted by Gasteiger charge is -2.26. The highest BCUT2D eigenvalue weighted by molar-refractivity contribution is 7.22. The van der Waals surface area contributed by atoms with Crippen LogP contribution in [0.4, 0.5) is 37.2 Å². The van der Waals surface area contributed by atoms with E-state index in [0.717, 1.165) is 22.7 Å². The van der Waals surface area contributed by atoms with Crippen LogP contribution in [-0.4, -0.2) is 50.6 Å². The first-order chi connectivity index (χ1) is 23.8. The number of halogens is 6. The van der Waals surface area contributed by atoms with Gasteiger partial charge < -0.3 is 4.90 Å². The molecule has 2 atom stereocenters. The standard InChI is InChI=1S/C33H25F6N7O2S2/c1-3-44(4-2)18-15-13-17(14-16-18)23(24-26(32(34,35)36)42-45(28(24)47)30-40-19-9-5-7-11-21(19)49-30)25-27(33(37,38)39)43-46(29(25)48)31-41-20-10-6-8-12-22(20)50-31/h5-16,23-24,43H,3-4H2,1-2H3/t23-,24-/m1/s1. The van der Waals surface area contributed by atoms with Crippen LogP contribution in [0, 0.1) is 5.92 Å². The SMILES string of the molecule is CCN(CC)c1ccc([C@@H](c2c(C(F)(F)F)[nH]n(-c3nc4ccccc4s3)c2=O)[C@H]2C(=O)N(c3nc4ccccc4s3)N=C2C(F)(F)F)cc1. The highest BCUT2D eigenvalue weighted by Gasteiger charge is 2.56. The number of thiazole rings is 2. The maximum atomic E-state index is 14.9. The number of fused-ring (bicyclic) bond motifs is 2. The quantitative estimate of drug-likeness (QED) is 0.160. The van der Waals surface area contributed by atoms with Crippen molar-refractivity contribution in [3.63, 3.8) is 0 Å². The second kappa shape index (κ2) is 12.4. The molecule has 7 rings (SSSR count). The maximum absolute atomic E-state index is 14.9. The van der Waals surface area contributed by atoms with Crippen molar-refractivity contribution in [2.45, 2.75) is 32.1 Å². The van der Waals surface area contributed by atoms with Gasteiger partial charge in [0.05, 0.1) is 26.0 Å². The number of carbonyl (C=O) groups is 1. The lowest BCUT2D eigenvalue weighted by Crippen LogP contribution is -2.39. The number of para-hydroxylation sites is 2. The number of hydrogen-bond donors (Lipinski definition) is 1. The van der Waals surface area contributed by atoms with Crippen molar-refractivity contribution in [3.05, 3.63) is 100.0 Å². The van der Waals surface area contributed by atoms with Gasteiger partial charge >= 0.3 is 12.4 Å². The van der Waals surface area contributed by atoms with Crippen LogP contribution < -0.4 is 15.5 Å². The summed E-state index contributed by atoms with van der Waals surface area (Å²) in [6, 6.07) is 19.0. The number of H-pyrrole nitrogens is 1. The van der Waals surface area contributed by atoms with Gasteiger partial charge in [-0.1, -0.05) is 59.1 Å². The van der Waals surface area contributed by atoms with E-state index in [-0.39, 0.29) is 15.8 Å². The number of carbonyl (C=O) groups excluding carboxylic acids is 1. The molecule has 0 radical (unpaired) electrons. The zero-order valence-corrected chi connectivity index (χ0v) is 27.7. The first kappa shape index (κ1) is 33.5. The molecule has 0 aliphatic carbocycles. The van der Waals surface area contributed by atoms with Crippen LogP contribution in [0.3, 0.4) is 0 Å². The van der Waals surface area contributed by atoms with Crippen LogP contribution >= 0.6 is 22.7 Å². The fourth-order valence-corrected chi connectivity index (χ4v) is 7.99. The molecule has 6 aromatic rings. The lowest BCUT2D eigenvalue weighted by molar-refractivity contribution is -0.142. The summed E-state index contributed by atoms with van der Waals surface area (Å²) in [5.41, 5.74) is -4.33. The number of benzene rings is 3. The lowest BCUT2D eigenvalue weighted by atomic mass is 9.77. The summed E-state index contributed by atoms with van der Waals surface area (Å²) in [5.74, 6) is -5.74. The number of hydrazone groups is 1. The monoisotopic (exact) mass is 729 g/mol. The average molecular weight is 730 g/mol. The molecule has 1 aliphatic rings. The van der Waals surface area contributed by atoms with Gasteiger partial charge in [0.25, 0.3) is 11.5 Å². The Morgan fingerprint density at radius 2 is 1.36 bits per heavy atom. The Labute approximate surface area is 287 Å². The summed E-state index contributed by atoms with van der Waals surface area (Å²) < 4.78 is 91.1. The molecule has 17 heteroatoms. The minimum atomic E-state index is -5.27.